The van der Waals surface area contributed by atoms with Gasteiger partial charge in [0.05, 0.1) is 13.2 Å². The zero-order valence-electron chi connectivity index (χ0n) is 16.5. The first-order chi connectivity index (χ1) is 14.2. The maximum atomic E-state index is 13.1. The molecule has 1 aliphatic heterocycles. The minimum absolute atomic E-state index is 0.0575. The van der Waals surface area contributed by atoms with Crippen LogP contribution in [0, 0.1) is 0 Å². The van der Waals surface area contributed by atoms with Crippen molar-refractivity contribution in [3.05, 3.63) is 89.7 Å². The number of carbonyl (C=O) groups is 1. The molecule has 1 aromatic heterocycles. The number of rotatable bonds is 6. The van der Waals surface area contributed by atoms with E-state index in [4.69, 9.17) is 9.47 Å². The molecule has 0 spiro atoms. The number of ether oxygens (including phenoxy) is 2. The molecule has 0 radical (unpaired) electrons. The number of methoxy groups -OCH3 is 1. The van der Waals surface area contributed by atoms with Crippen molar-refractivity contribution in [2.24, 2.45) is 0 Å². The van der Waals surface area contributed by atoms with Crippen LogP contribution in [0.4, 0.5) is 0 Å². The average molecular weight is 388 g/mol. The van der Waals surface area contributed by atoms with E-state index in [9.17, 15) is 4.79 Å². The van der Waals surface area contributed by atoms with Crippen LogP contribution in [-0.4, -0.2) is 29.4 Å². The number of likely N-dealkylation sites (tertiary alicyclic amines) is 1. The lowest BCUT2D eigenvalue weighted by atomic mass is 10.0. The largest absolute Gasteiger partial charge is 0.497 e. The third-order valence-electron chi connectivity index (χ3n) is 5.24. The van der Waals surface area contributed by atoms with E-state index in [1.165, 1.54) is 0 Å². The van der Waals surface area contributed by atoms with E-state index in [1.54, 1.807) is 19.5 Å². The van der Waals surface area contributed by atoms with Crippen molar-refractivity contribution < 1.29 is 14.3 Å². The number of amides is 1. The average Bonchev–Trinajstić information content (AvgIpc) is 3.28. The second-order valence-corrected chi connectivity index (χ2v) is 7.10. The predicted molar refractivity (Wildman–Crippen MR) is 111 cm³/mol. The Bertz CT molecular complexity index is 940. The molecule has 5 heteroatoms. The van der Waals surface area contributed by atoms with E-state index < -0.39 is 0 Å². The predicted octanol–water partition coefficient (Wildman–Crippen LogP) is 4.65. The van der Waals surface area contributed by atoms with Crippen LogP contribution in [0.2, 0.25) is 0 Å². The van der Waals surface area contributed by atoms with Gasteiger partial charge in [-0.1, -0.05) is 18.2 Å². The van der Waals surface area contributed by atoms with Gasteiger partial charge < -0.3 is 14.4 Å². The van der Waals surface area contributed by atoms with Crippen LogP contribution >= 0.6 is 0 Å². The molecule has 0 saturated carbocycles. The Morgan fingerprint density at radius 2 is 1.83 bits per heavy atom. The standard InChI is InChI=1S/C24H24N2O3/c1-28-21-10-6-19(7-11-21)23-5-3-15-26(23)24(27)20-8-12-22(13-9-20)29-17-18-4-2-14-25-16-18/h2,4,6-14,16,23H,3,5,15,17H2,1H3/t23-/m1/s1. The summed E-state index contributed by atoms with van der Waals surface area (Å²) in [7, 11) is 1.66. The van der Waals surface area contributed by atoms with E-state index >= 15 is 0 Å². The molecule has 2 heterocycles. The second-order valence-electron chi connectivity index (χ2n) is 7.10. The van der Waals surface area contributed by atoms with Crippen LogP contribution in [0.25, 0.3) is 0 Å². The third kappa shape index (κ3) is 4.40. The van der Waals surface area contributed by atoms with Gasteiger partial charge in [0.2, 0.25) is 0 Å². The minimum Gasteiger partial charge on any atom is -0.497 e. The van der Waals surface area contributed by atoms with E-state index in [-0.39, 0.29) is 11.9 Å². The molecule has 0 N–H and O–H groups in total. The fourth-order valence-corrected chi connectivity index (χ4v) is 3.69. The van der Waals surface area contributed by atoms with Crippen molar-refractivity contribution in [1.29, 1.82) is 0 Å². The summed E-state index contributed by atoms with van der Waals surface area (Å²) in [5, 5.41) is 0. The maximum absolute atomic E-state index is 13.1. The van der Waals surface area contributed by atoms with Crippen molar-refractivity contribution >= 4 is 5.91 Å². The van der Waals surface area contributed by atoms with Gasteiger partial charge in [0, 0.05) is 30.1 Å². The van der Waals surface area contributed by atoms with E-state index in [1.807, 2.05) is 65.6 Å². The molecular formula is C24H24N2O3. The van der Waals surface area contributed by atoms with Gasteiger partial charge in [0.1, 0.15) is 18.1 Å². The third-order valence-corrected chi connectivity index (χ3v) is 5.24. The summed E-state index contributed by atoms with van der Waals surface area (Å²) in [6.07, 6.45) is 5.51. The molecule has 5 nitrogen and oxygen atoms in total. The molecule has 2 aromatic carbocycles. The fraction of sp³-hybridized carbons (Fsp3) is 0.250. The topological polar surface area (TPSA) is 51.7 Å². The number of hydrogen-bond acceptors (Lipinski definition) is 4. The lowest BCUT2D eigenvalue weighted by Crippen LogP contribution is -2.30. The van der Waals surface area contributed by atoms with Gasteiger partial charge in [-0.05, 0) is 60.9 Å². The first-order valence-corrected chi connectivity index (χ1v) is 9.81. The van der Waals surface area contributed by atoms with Crippen LogP contribution in [0.3, 0.4) is 0 Å². The SMILES string of the molecule is COc1ccc([C@H]2CCCN2C(=O)c2ccc(OCc3cccnc3)cc2)cc1. The molecule has 148 valence electrons. The summed E-state index contributed by atoms with van der Waals surface area (Å²) in [6.45, 7) is 1.22. The highest BCUT2D eigenvalue weighted by molar-refractivity contribution is 5.94. The monoisotopic (exact) mass is 388 g/mol. The van der Waals surface area contributed by atoms with Crippen LogP contribution in [0.5, 0.6) is 11.5 Å². The van der Waals surface area contributed by atoms with E-state index in [0.717, 1.165) is 42.0 Å². The van der Waals surface area contributed by atoms with Gasteiger partial charge in [-0.25, -0.2) is 0 Å². The van der Waals surface area contributed by atoms with Gasteiger partial charge in [-0.3, -0.25) is 9.78 Å². The summed E-state index contributed by atoms with van der Waals surface area (Å²) in [6, 6.07) is 19.3. The van der Waals surface area contributed by atoms with Crippen LogP contribution in [-0.2, 0) is 6.61 Å². The molecule has 1 saturated heterocycles. The Kier molecular flexibility index (Phi) is 5.75. The molecule has 0 aliphatic carbocycles. The number of aromatic nitrogens is 1. The summed E-state index contributed by atoms with van der Waals surface area (Å²) in [5.41, 5.74) is 2.83. The molecule has 3 aromatic rings. The Balaban J connectivity index is 1.42. The molecule has 1 atom stereocenters. The molecular weight excluding hydrogens is 364 g/mol. The highest BCUT2D eigenvalue weighted by atomic mass is 16.5. The first kappa shape index (κ1) is 19.0. The normalized spacial score (nSPS) is 15.9. The molecule has 1 fully saturated rings. The lowest BCUT2D eigenvalue weighted by Gasteiger charge is -2.25. The Hall–Kier alpha value is -3.34. The Morgan fingerprint density at radius 1 is 1.07 bits per heavy atom. The minimum atomic E-state index is 0.0575. The quantitative estimate of drug-likeness (QED) is 0.617. The first-order valence-electron chi connectivity index (χ1n) is 9.81. The summed E-state index contributed by atoms with van der Waals surface area (Å²) in [4.78, 5) is 19.1. The van der Waals surface area contributed by atoms with Crippen molar-refractivity contribution in [2.45, 2.75) is 25.5 Å². The number of hydrogen-bond donors (Lipinski definition) is 0. The van der Waals surface area contributed by atoms with Gasteiger partial charge in [0.15, 0.2) is 0 Å². The zero-order chi connectivity index (χ0) is 20.1. The van der Waals surface area contributed by atoms with Crippen molar-refractivity contribution in [3.63, 3.8) is 0 Å². The van der Waals surface area contributed by atoms with Gasteiger partial charge in [-0.2, -0.15) is 0 Å². The molecule has 4 rings (SSSR count). The number of carbonyl (C=O) groups excluding carboxylic acids is 1. The molecule has 29 heavy (non-hydrogen) atoms. The van der Waals surface area contributed by atoms with Gasteiger partial charge in [-0.15, -0.1) is 0 Å². The van der Waals surface area contributed by atoms with Crippen molar-refractivity contribution in [1.82, 2.24) is 9.88 Å². The molecule has 1 amide bonds. The summed E-state index contributed by atoms with van der Waals surface area (Å²) >= 11 is 0. The number of benzene rings is 2. The van der Waals surface area contributed by atoms with Crippen molar-refractivity contribution in [2.75, 3.05) is 13.7 Å². The fourth-order valence-electron chi connectivity index (χ4n) is 3.69. The highest BCUT2D eigenvalue weighted by Crippen LogP contribution is 2.34. The molecule has 1 aliphatic rings. The smallest absolute Gasteiger partial charge is 0.254 e. The molecule has 0 bridgehead atoms. The Morgan fingerprint density at radius 3 is 2.52 bits per heavy atom. The lowest BCUT2D eigenvalue weighted by molar-refractivity contribution is 0.0735. The Labute approximate surface area is 170 Å². The van der Waals surface area contributed by atoms with Crippen LogP contribution in [0.15, 0.2) is 73.1 Å². The maximum Gasteiger partial charge on any atom is 0.254 e. The summed E-state index contributed by atoms with van der Waals surface area (Å²) in [5.74, 6) is 1.62. The van der Waals surface area contributed by atoms with Crippen molar-refractivity contribution in [3.8, 4) is 11.5 Å². The van der Waals surface area contributed by atoms with Gasteiger partial charge in [0.25, 0.3) is 5.91 Å². The van der Waals surface area contributed by atoms with Crippen LogP contribution < -0.4 is 9.47 Å². The number of nitrogens with zero attached hydrogens (tertiary/aromatic N) is 2. The zero-order valence-corrected chi connectivity index (χ0v) is 16.5. The number of pyridine rings is 1. The highest BCUT2D eigenvalue weighted by Gasteiger charge is 2.30. The second kappa shape index (κ2) is 8.78. The molecule has 0 unspecified atom stereocenters. The summed E-state index contributed by atoms with van der Waals surface area (Å²) < 4.78 is 11.0. The van der Waals surface area contributed by atoms with Gasteiger partial charge >= 0.3 is 0 Å². The van der Waals surface area contributed by atoms with E-state index in [0.29, 0.717) is 12.2 Å². The van der Waals surface area contributed by atoms with Crippen LogP contribution in [0.1, 0.15) is 40.4 Å². The van der Waals surface area contributed by atoms with E-state index in [2.05, 4.69) is 4.98 Å².